The highest BCUT2D eigenvalue weighted by atomic mass is 79.9. The lowest BCUT2D eigenvalue weighted by Crippen LogP contribution is -2.25. The Labute approximate surface area is 119 Å². The third-order valence-corrected chi connectivity index (χ3v) is 3.31. The molecule has 0 radical (unpaired) electrons. The molecular formula is C15H22BrNO. The molecule has 0 fully saturated rings. The Morgan fingerprint density at radius 3 is 2.67 bits per heavy atom. The zero-order valence-electron chi connectivity index (χ0n) is 11.0. The van der Waals surface area contributed by atoms with Gasteiger partial charge in [0, 0.05) is 17.1 Å². The second-order valence-corrected chi connectivity index (χ2v) is 5.07. The summed E-state index contributed by atoms with van der Waals surface area (Å²) in [6, 6.07) is 8.88. The lowest BCUT2D eigenvalue weighted by atomic mass is 10.1. The maximum atomic E-state index is 5.48. The fourth-order valence-electron chi connectivity index (χ4n) is 1.77. The van der Waals surface area contributed by atoms with E-state index in [4.69, 9.17) is 4.74 Å². The normalized spacial score (nSPS) is 12.3. The first-order valence-corrected chi connectivity index (χ1v) is 7.24. The monoisotopic (exact) mass is 311 g/mol. The molecule has 0 spiro atoms. The molecule has 1 rings (SSSR count). The van der Waals surface area contributed by atoms with Gasteiger partial charge in [-0.15, -0.1) is 6.58 Å². The summed E-state index contributed by atoms with van der Waals surface area (Å²) in [5, 5.41) is 3.52. The van der Waals surface area contributed by atoms with Gasteiger partial charge in [0.05, 0.1) is 13.2 Å². The molecule has 0 saturated carbocycles. The molecule has 3 heteroatoms. The van der Waals surface area contributed by atoms with Crippen molar-refractivity contribution in [3.8, 4) is 0 Å². The predicted molar refractivity (Wildman–Crippen MR) is 80.8 cm³/mol. The van der Waals surface area contributed by atoms with Crippen LogP contribution in [0.2, 0.25) is 0 Å². The minimum atomic E-state index is 0.404. The van der Waals surface area contributed by atoms with Crippen LogP contribution in [0.5, 0.6) is 0 Å². The van der Waals surface area contributed by atoms with Gasteiger partial charge in [0.25, 0.3) is 0 Å². The fourth-order valence-corrected chi connectivity index (χ4v) is 2.03. The van der Waals surface area contributed by atoms with Crippen LogP contribution in [0.4, 0.5) is 0 Å². The number of hydrogen-bond donors (Lipinski definition) is 1. The molecule has 1 unspecified atom stereocenters. The Bertz CT molecular complexity index is 337. The molecule has 18 heavy (non-hydrogen) atoms. The third kappa shape index (κ3) is 5.80. The summed E-state index contributed by atoms with van der Waals surface area (Å²) in [5.74, 6) is 0. The van der Waals surface area contributed by atoms with E-state index >= 15 is 0 Å². The highest BCUT2D eigenvalue weighted by Gasteiger charge is 2.07. The molecular weight excluding hydrogens is 290 g/mol. The van der Waals surface area contributed by atoms with E-state index < -0.39 is 0 Å². The molecule has 1 atom stereocenters. The van der Waals surface area contributed by atoms with Crippen molar-refractivity contribution in [2.75, 3.05) is 19.8 Å². The van der Waals surface area contributed by atoms with Crippen LogP contribution in [0, 0.1) is 0 Å². The quantitative estimate of drug-likeness (QED) is 0.548. The zero-order valence-corrected chi connectivity index (χ0v) is 12.6. The van der Waals surface area contributed by atoms with E-state index in [-0.39, 0.29) is 0 Å². The minimum absolute atomic E-state index is 0.404. The SMILES string of the molecule is C=CCCOCCNC(CC)c1ccc(Br)cc1. The van der Waals surface area contributed by atoms with Crippen LogP contribution in [-0.2, 0) is 4.74 Å². The van der Waals surface area contributed by atoms with Gasteiger partial charge in [-0.2, -0.15) is 0 Å². The number of rotatable bonds is 9. The van der Waals surface area contributed by atoms with Crippen LogP contribution in [0.15, 0.2) is 41.4 Å². The number of hydrogen-bond acceptors (Lipinski definition) is 2. The standard InChI is InChI=1S/C15H22BrNO/c1-3-5-11-18-12-10-17-15(4-2)13-6-8-14(16)9-7-13/h3,6-9,15,17H,1,4-5,10-12H2,2H3. The van der Waals surface area contributed by atoms with Crippen molar-refractivity contribution < 1.29 is 4.74 Å². The first-order chi connectivity index (χ1) is 8.77. The summed E-state index contributed by atoms with van der Waals surface area (Å²) in [6.07, 6.45) is 3.88. The third-order valence-electron chi connectivity index (χ3n) is 2.78. The average molecular weight is 312 g/mol. The number of ether oxygens (including phenoxy) is 1. The Hall–Kier alpha value is -0.640. The fraction of sp³-hybridized carbons (Fsp3) is 0.467. The lowest BCUT2D eigenvalue weighted by molar-refractivity contribution is 0.138. The van der Waals surface area contributed by atoms with Crippen molar-refractivity contribution >= 4 is 15.9 Å². The Balaban J connectivity index is 2.29. The lowest BCUT2D eigenvalue weighted by Gasteiger charge is -2.17. The van der Waals surface area contributed by atoms with Crippen molar-refractivity contribution in [2.45, 2.75) is 25.8 Å². The summed E-state index contributed by atoms with van der Waals surface area (Å²) in [5.41, 5.74) is 1.33. The Morgan fingerprint density at radius 2 is 2.06 bits per heavy atom. The van der Waals surface area contributed by atoms with E-state index in [1.807, 2.05) is 6.08 Å². The summed E-state index contributed by atoms with van der Waals surface area (Å²) in [6.45, 7) is 8.26. The van der Waals surface area contributed by atoms with E-state index in [0.717, 1.165) is 37.1 Å². The van der Waals surface area contributed by atoms with Crippen molar-refractivity contribution in [2.24, 2.45) is 0 Å². The van der Waals surface area contributed by atoms with Crippen LogP contribution < -0.4 is 5.32 Å². The van der Waals surface area contributed by atoms with Crippen LogP contribution >= 0.6 is 15.9 Å². The zero-order chi connectivity index (χ0) is 13.2. The predicted octanol–water partition coefficient (Wildman–Crippen LogP) is 4.08. The summed E-state index contributed by atoms with van der Waals surface area (Å²) in [4.78, 5) is 0. The molecule has 0 aliphatic heterocycles. The van der Waals surface area contributed by atoms with Gasteiger partial charge in [-0.1, -0.05) is 41.1 Å². The maximum absolute atomic E-state index is 5.48. The molecule has 0 aliphatic rings. The van der Waals surface area contributed by atoms with Gasteiger partial charge in [-0.3, -0.25) is 0 Å². The molecule has 1 N–H and O–H groups in total. The molecule has 1 aromatic carbocycles. The molecule has 2 nitrogen and oxygen atoms in total. The largest absolute Gasteiger partial charge is 0.380 e. The van der Waals surface area contributed by atoms with E-state index in [1.54, 1.807) is 0 Å². The van der Waals surface area contributed by atoms with Crippen LogP contribution in [0.1, 0.15) is 31.4 Å². The maximum Gasteiger partial charge on any atom is 0.0591 e. The smallest absolute Gasteiger partial charge is 0.0591 e. The highest BCUT2D eigenvalue weighted by Crippen LogP contribution is 2.19. The van der Waals surface area contributed by atoms with E-state index in [1.165, 1.54) is 5.56 Å². The van der Waals surface area contributed by atoms with Gasteiger partial charge >= 0.3 is 0 Å². The molecule has 1 aromatic rings. The number of halogens is 1. The number of benzene rings is 1. The molecule has 0 aliphatic carbocycles. The van der Waals surface area contributed by atoms with Crippen molar-refractivity contribution in [1.82, 2.24) is 5.32 Å². The van der Waals surface area contributed by atoms with Gasteiger partial charge in [0.15, 0.2) is 0 Å². The first-order valence-electron chi connectivity index (χ1n) is 6.45. The highest BCUT2D eigenvalue weighted by molar-refractivity contribution is 9.10. The first kappa shape index (κ1) is 15.4. The van der Waals surface area contributed by atoms with Crippen LogP contribution in [0.3, 0.4) is 0 Å². The van der Waals surface area contributed by atoms with Gasteiger partial charge in [-0.05, 0) is 30.5 Å². The van der Waals surface area contributed by atoms with E-state index in [0.29, 0.717) is 6.04 Å². The minimum Gasteiger partial charge on any atom is -0.380 e. The Morgan fingerprint density at radius 1 is 1.33 bits per heavy atom. The molecule has 0 aromatic heterocycles. The topological polar surface area (TPSA) is 21.3 Å². The Kier molecular flexibility index (Phi) is 7.98. The second kappa shape index (κ2) is 9.31. The molecule has 0 bridgehead atoms. The summed E-state index contributed by atoms with van der Waals surface area (Å²) >= 11 is 3.46. The summed E-state index contributed by atoms with van der Waals surface area (Å²) < 4.78 is 6.60. The average Bonchev–Trinajstić information content (AvgIpc) is 2.39. The number of nitrogens with one attached hydrogen (secondary N) is 1. The van der Waals surface area contributed by atoms with Gasteiger partial charge in [-0.25, -0.2) is 0 Å². The molecule has 0 heterocycles. The van der Waals surface area contributed by atoms with Crippen molar-refractivity contribution in [3.63, 3.8) is 0 Å². The molecule has 0 saturated heterocycles. The van der Waals surface area contributed by atoms with Crippen LogP contribution in [0.25, 0.3) is 0 Å². The summed E-state index contributed by atoms with van der Waals surface area (Å²) in [7, 11) is 0. The molecule has 100 valence electrons. The van der Waals surface area contributed by atoms with Gasteiger partial charge in [0.2, 0.25) is 0 Å². The van der Waals surface area contributed by atoms with Crippen molar-refractivity contribution in [3.05, 3.63) is 47.0 Å². The van der Waals surface area contributed by atoms with Gasteiger partial charge in [0.1, 0.15) is 0 Å². The second-order valence-electron chi connectivity index (χ2n) is 4.16. The van der Waals surface area contributed by atoms with E-state index in [9.17, 15) is 0 Å². The van der Waals surface area contributed by atoms with Crippen molar-refractivity contribution in [1.29, 1.82) is 0 Å². The van der Waals surface area contributed by atoms with Gasteiger partial charge < -0.3 is 10.1 Å². The van der Waals surface area contributed by atoms with Crippen LogP contribution in [-0.4, -0.2) is 19.8 Å². The van der Waals surface area contributed by atoms with E-state index in [2.05, 4.69) is 59.0 Å². The molecule has 0 amide bonds.